The van der Waals surface area contributed by atoms with E-state index in [0.717, 1.165) is 4.47 Å². The highest BCUT2D eigenvalue weighted by Crippen LogP contribution is 2.15. The second-order valence-electron chi connectivity index (χ2n) is 6.38. The second kappa shape index (κ2) is 12.2. The van der Waals surface area contributed by atoms with Gasteiger partial charge in [-0.3, -0.25) is 40.1 Å². The molecule has 0 atom stereocenters. The van der Waals surface area contributed by atoms with E-state index in [0.29, 0.717) is 11.3 Å². The Labute approximate surface area is 190 Å². The van der Waals surface area contributed by atoms with Crippen molar-refractivity contribution >= 4 is 51.0 Å². The number of halogens is 1. The van der Waals surface area contributed by atoms with Crippen molar-refractivity contribution in [2.24, 2.45) is 0 Å². The van der Waals surface area contributed by atoms with Crippen LogP contribution < -0.4 is 16.2 Å². The number of nitrogens with one attached hydrogen (secondary N) is 3. The largest absolute Gasteiger partial charge is 0.455 e. The molecule has 3 amide bonds. The average molecular weight is 507 g/mol. The first-order chi connectivity index (χ1) is 15.2. The predicted molar refractivity (Wildman–Crippen MR) is 116 cm³/mol. The van der Waals surface area contributed by atoms with Gasteiger partial charge in [-0.1, -0.05) is 15.9 Å². The minimum Gasteiger partial charge on any atom is -0.455 e. The van der Waals surface area contributed by atoms with Crippen LogP contribution in [0.2, 0.25) is 0 Å². The first-order valence-electron chi connectivity index (χ1n) is 9.29. The fourth-order valence-corrected chi connectivity index (χ4v) is 2.60. The molecule has 2 aromatic carbocycles. The molecule has 0 saturated carbocycles. The van der Waals surface area contributed by atoms with Crippen LogP contribution in [0.1, 0.15) is 29.6 Å². The Balaban J connectivity index is 1.60. The molecular formula is C20H19BrN4O7. The van der Waals surface area contributed by atoms with Crippen LogP contribution in [0, 0.1) is 10.1 Å². The molecule has 0 radical (unpaired) electrons. The third-order valence-electron chi connectivity index (χ3n) is 3.93. The van der Waals surface area contributed by atoms with Crippen molar-refractivity contribution in [2.75, 3.05) is 11.9 Å². The highest BCUT2D eigenvalue weighted by atomic mass is 79.9. The van der Waals surface area contributed by atoms with E-state index in [-0.39, 0.29) is 30.9 Å². The van der Waals surface area contributed by atoms with Crippen LogP contribution in [-0.4, -0.2) is 35.2 Å². The van der Waals surface area contributed by atoms with Crippen LogP contribution in [0.25, 0.3) is 0 Å². The van der Waals surface area contributed by atoms with Gasteiger partial charge in [-0.2, -0.15) is 0 Å². The number of hydrogen-bond donors (Lipinski definition) is 3. The van der Waals surface area contributed by atoms with Crippen LogP contribution >= 0.6 is 15.9 Å². The fourth-order valence-electron chi connectivity index (χ4n) is 2.34. The van der Waals surface area contributed by atoms with Gasteiger partial charge in [0.1, 0.15) is 0 Å². The van der Waals surface area contributed by atoms with Crippen LogP contribution in [-0.2, 0) is 19.1 Å². The summed E-state index contributed by atoms with van der Waals surface area (Å²) in [5.41, 5.74) is 4.96. The first kappa shape index (κ1) is 24.5. The van der Waals surface area contributed by atoms with Gasteiger partial charge >= 0.3 is 5.97 Å². The summed E-state index contributed by atoms with van der Waals surface area (Å²) in [7, 11) is 0. The number of amides is 3. The third kappa shape index (κ3) is 8.52. The molecule has 2 rings (SSSR count). The van der Waals surface area contributed by atoms with Gasteiger partial charge in [-0.05, 0) is 42.8 Å². The number of carbonyl (C=O) groups is 4. The zero-order valence-electron chi connectivity index (χ0n) is 16.6. The Morgan fingerprint density at radius 2 is 1.56 bits per heavy atom. The Bertz CT molecular complexity index is 994. The van der Waals surface area contributed by atoms with Crippen LogP contribution in [0.5, 0.6) is 0 Å². The molecule has 0 aliphatic rings. The summed E-state index contributed by atoms with van der Waals surface area (Å²) >= 11 is 3.25. The maximum absolute atomic E-state index is 11.9. The zero-order chi connectivity index (χ0) is 23.5. The molecule has 0 aliphatic carbocycles. The van der Waals surface area contributed by atoms with Gasteiger partial charge in [0.25, 0.3) is 17.5 Å². The lowest BCUT2D eigenvalue weighted by atomic mass is 10.2. The standard InChI is InChI=1S/C20H19BrN4O7/c21-14-6-4-13(5-7-14)20(29)24-23-18(27)12-32-19(28)3-1-2-17(26)22-15-8-10-16(11-9-15)25(30)31/h4-11H,1-3,12H2,(H,22,26)(H,23,27)(H,24,29). The molecule has 0 heterocycles. The number of rotatable bonds is 9. The number of nitro benzene ring substituents is 1. The van der Waals surface area contributed by atoms with E-state index >= 15 is 0 Å². The molecule has 11 nitrogen and oxygen atoms in total. The van der Waals surface area contributed by atoms with Crippen molar-refractivity contribution in [1.82, 2.24) is 10.9 Å². The lowest BCUT2D eigenvalue weighted by Gasteiger charge is -2.08. The quantitative estimate of drug-likeness (QED) is 0.267. The normalized spacial score (nSPS) is 10.0. The van der Waals surface area contributed by atoms with Crippen molar-refractivity contribution in [3.05, 3.63) is 68.7 Å². The molecule has 12 heteroatoms. The summed E-state index contributed by atoms with van der Waals surface area (Å²) in [6, 6.07) is 11.8. The molecule has 0 aliphatic heterocycles. The molecule has 0 bridgehead atoms. The van der Waals surface area contributed by atoms with Gasteiger partial charge in [0.15, 0.2) is 6.61 Å². The fraction of sp³-hybridized carbons (Fsp3) is 0.200. The molecule has 0 spiro atoms. The highest BCUT2D eigenvalue weighted by Gasteiger charge is 2.11. The van der Waals surface area contributed by atoms with Gasteiger partial charge in [-0.25, -0.2) is 0 Å². The number of nitro groups is 1. The lowest BCUT2D eigenvalue weighted by molar-refractivity contribution is -0.384. The topological polar surface area (TPSA) is 157 Å². The zero-order valence-corrected chi connectivity index (χ0v) is 18.2. The van der Waals surface area contributed by atoms with E-state index < -0.39 is 29.3 Å². The number of ether oxygens (including phenoxy) is 1. The van der Waals surface area contributed by atoms with E-state index in [1.54, 1.807) is 24.3 Å². The first-order valence-corrected chi connectivity index (χ1v) is 10.1. The van der Waals surface area contributed by atoms with E-state index in [1.807, 2.05) is 0 Å². The number of anilines is 1. The molecule has 0 aromatic heterocycles. The van der Waals surface area contributed by atoms with Crippen LogP contribution in [0.15, 0.2) is 53.0 Å². The molecule has 0 unspecified atom stereocenters. The number of esters is 1. The maximum Gasteiger partial charge on any atom is 0.306 e. The monoisotopic (exact) mass is 506 g/mol. The van der Waals surface area contributed by atoms with E-state index in [9.17, 15) is 29.3 Å². The second-order valence-corrected chi connectivity index (χ2v) is 7.29. The van der Waals surface area contributed by atoms with Gasteiger partial charge in [0.2, 0.25) is 5.91 Å². The third-order valence-corrected chi connectivity index (χ3v) is 4.46. The van der Waals surface area contributed by atoms with Crippen LogP contribution in [0.3, 0.4) is 0 Å². The molecule has 32 heavy (non-hydrogen) atoms. The van der Waals surface area contributed by atoms with Gasteiger partial charge < -0.3 is 10.1 Å². The van der Waals surface area contributed by atoms with Crippen molar-refractivity contribution in [1.29, 1.82) is 0 Å². The summed E-state index contributed by atoms with van der Waals surface area (Å²) in [5, 5.41) is 13.2. The Hall–Kier alpha value is -3.80. The van der Waals surface area contributed by atoms with Gasteiger partial charge in [-0.15, -0.1) is 0 Å². The minimum atomic E-state index is -0.722. The summed E-state index contributed by atoms with van der Waals surface area (Å²) < 4.78 is 5.59. The number of nitrogens with zero attached hydrogens (tertiary/aromatic N) is 1. The number of hydrazine groups is 1. The maximum atomic E-state index is 11.9. The highest BCUT2D eigenvalue weighted by molar-refractivity contribution is 9.10. The lowest BCUT2D eigenvalue weighted by Crippen LogP contribution is -2.43. The average Bonchev–Trinajstić information content (AvgIpc) is 2.76. The van der Waals surface area contributed by atoms with E-state index in [2.05, 4.69) is 32.1 Å². The van der Waals surface area contributed by atoms with Crippen molar-refractivity contribution < 1.29 is 28.8 Å². The van der Waals surface area contributed by atoms with E-state index in [4.69, 9.17) is 4.74 Å². The molecule has 0 fully saturated rings. The number of hydrogen-bond acceptors (Lipinski definition) is 7. The molecule has 0 saturated heterocycles. The van der Waals surface area contributed by atoms with Crippen molar-refractivity contribution in [3.8, 4) is 0 Å². The Morgan fingerprint density at radius 3 is 2.19 bits per heavy atom. The van der Waals surface area contributed by atoms with Crippen LogP contribution in [0.4, 0.5) is 11.4 Å². The SMILES string of the molecule is O=C(COC(=O)CCCC(=O)Nc1ccc([N+](=O)[O-])cc1)NNC(=O)c1ccc(Br)cc1. The summed E-state index contributed by atoms with van der Waals surface area (Å²) in [5.74, 6) is -2.31. The minimum absolute atomic E-state index is 0.0154. The number of non-ortho nitro benzene ring substituents is 1. The number of benzene rings is 2. The molecular weight excluding hydrogens is 488 g/mol. The van der Waals surface area contributed by atoms with E-state index in [1.165, 1.54) is 24.3 Å². The predicted octanol–water partition coefficient (Wildman–Crippen LogP) is 2.47. The summed E-state index contributed by atoms with van der Waals surface area (Å²) in [6.45, 7) is -0.589. The Kier molecular flexibility index (Phi) is 9.29. The molecule has 2 aromatic rings. The molecule has 168 valence electrons. The number of carbonyl (C=O) groups excluding carboxylic acids is 4. The molecule has 3 N–H and O–H groups in total. The summed E-state index contributed by atoms with van der Waals surface area (Å²) in [4.78, 5) is 57.1. The van der Waals surface area contributed by atoms with Gasteiger partial charge in [0.05, 0.1) is 4.92 Å². The van der Waals surface area contributed by atoms with Crippen molar-refractivity contribution in [3.63, 3.8) is 0 Å². The Morgan fingerprint density at radius 1 is 0.906 bits per heavy atom. The summed E-state index contributed by atoms with van der Waals surface area (Å²) in [6.07, 6.45) is 0.104. The van der Waals surface area contributed by atoms with Crippen molar-refractivity contribution in [2.45, 2.75) is 19.3 Å². The smallest absolute Gasteiger partial charge is 0.306 e. The van der Waals surface area contributed by atoms with Gasteiger partial charge in [0, 0.05) is 40.7 Å².